The summed E-state index contributed by atoms with van der Waals surface area (Å²) in [5, 5.41) is 7.48. The molecule has 1 fully saturated rings. The van der Waals surface area contributed by atoms with Crippen LogP contribution in [0.5, 0.6) is 0 Å². The molecule has 1 unspecified atom stereocenters. The molecule has 1 aromatic heterocycles. The number of nitrogens with zero attached hydrogens (tertiary/aromatic N) is 4. The van der Waals surface area contributed by atoms with Crippen molar-refractivity contribution < 1.29 is 0 Å². The van der Waals surface area contributed by atoms with Gasteiger partial charge in [-0.25, -0.2) is 4.68 Å². The Morgan fingerprint density at radius 3 is 2.90 bits per heavy atom. The number of aryl methyl sites for hydroxylation is 1. The van der Waals surface area contributed by atoms with E-state index in [1.807, 2.05) is 6.92 Å². The van der Waals surface area contributed by atoms with Gasteiger partial charge in [0.2, 0.25) is 0 Å². The van der Waals surface area contributed by atoms with E-state index in [1.54, 1.807) is 6.20 Å². The monoisotopic (exact) mass is 343 g/mol. The standard InChI is InChI=1S/C13H22BrN5O/c1-4-19-13(20)12(14)11(8-16-19)15-7-10-9-17(2)5-6-18(10)3/h8,10,15H,4-7,9H2,1-3H3. The van der Waals surface area contributed by atoms with Gasteiger partial charge in [-0.3, -0.25) is 9.69 Å². The maximum atomic E-state index is 12.0. The number of hydrogen-bond donors (Lipinski definition) is 1. The maximum absolute atomic E-state index is 12.0. The normalized spacial score (nSPS) is 21.1. The van der Waals surface area contributed by atoms with Crippen molar-refractivity contribution in [3.63, 3.8) is 0 Å². The Hall–Kier alpha value is -0.920. The molecule has 0 aliphatic carbocycles. The number of piperazine rings is 1. The van der Waals surface area contributed by atoms with E-state index in [0.29, 0.717) is 17.1 Å². The smallest absolute Gasteiger partial charge is 0.283 e. The number of nitrogens with one attached hydrogen (secondary N) is 1. The summed E-state index contributed by atoms with van der Waals surface area (Å²) in [5.41, 5.74) is 0.674. The molecule has 1 aliphatic rings. The van der Waals surface area contributed by atoms with Gasteiger partial charge in [-0.1, -0.05) is 0 Å². The summed E-state index contributed by atoms with van der Waals surface area (Å²) in [6, 6.07) is 0.439. The lowest BCUT2D eigenvalue weighted by Crippen LogP contribution is -2.52. The van der Waals surface area contributed by atoms with Crippen molar-refractivity contribution in [2.45, 2.75) is 19.5 Å². The zero-order valence-electron chi connectivity index (χ0n) is 12.3. The number of anilines is 1. The quantitative estimate of drug-likeness (QED) is 0.871. The van der Waals surface area contributed by atoms with Gasteiger partial charge in [-0.15, -0.1) is 0 Å². The minimum Gasteiger partial charge on any atom is -0.381 e. The molecular weight excluding hydrogens is 322 g/mol. The van der Waals surface area contributed by atoms with Crippen molar-refractivity contribution in [1.82, 2.24) is 19.6 Å². The molecule has 1 atom stereocenters. The average molecular weight is 344 g/mol. The molecule has 2 heterocycles. The van der Waals surface area contributed by atoms with Crippen molar-refractivity contribution in [2.24, 2.45) is 0 Å². The fourth-order valence-electron chi connectivity index (χ4n) is 2.36. The molecule has 2 rings (SSSR count). The minimum absolute atomic E-state index is 0.0911. The summed E-state index contributed by atoms with van der Waals surface area (Å²) >= 11 is 3.36. The van der Waals surface area contributed by atoms with Crippen LogP contribution in [0.4, 0.5) is 5.69 Å². The Bertz CT molecular complexity index is 518. The first-order valence-corrected chi connectivity index (χ1v) is 7.70. The van der Waals surface area contributed by atoms with Crippen LogP contribution in [0.1, 0.15) is 6.92 Å². The minimum atomic E-state index is -0.0911. The highest BCUT2D eigenvalue weighted by molar-refractivity contribution is 9.10. The van der Waals surface area contributed by atoms with Gasteiger partial charge in [-0.05, 0) is 36.9 Å². The summed E-state index contributed by atoms with van der Waals surface area (Å²) < 4.78 is 2.00. The van der Waals surface area contributed by atoms with Gasteiger partial charge in [0.25, 0.3) is 5.56 Å². The Balaban J connectivity index is 2.04. The highest BCUT2D eigenvalue weighted by atomic mass is 79.9. The lowest BCUT2D eigenvalue weighted by atomic mass is 10.2. The largest absolute Gasteiger partial charge is 0.381 e. The molecule has 1 N–H and O–H groups in total. The molecule has 7 heteroatoms. The van der Waals surface area contributed by atoms with E-state index in [4.69, 9.17) is 0 Å². The zero-order chi connectivity index (χ0) is 14.7. The Kier molecular flexibility index (Phi) is 5.17. The molecule has 0 saturated carbocycles. The zero-order valence-corrected chi connectivity index (χ0v) is 13.9. The lowest BCUT2D eigenvalue weighted by molar-refractivity contribution is 0.122. The van der Waals surface area contributed by atoms with Crippen LogP contribution in [0.15, 0.2) is 15.5 Å². The Morgan fingerprint density at radius 1 is 1.45 bits per heavy atom. The van der Waals surface area contributed by atoms with Crippen molar-refractivity contribution in [3.05, 3.63) is 21.0 Å². The van der Waals surface area contributed by atoms with E-state index in [2.05, 4.69) is 50.2 Å². The SMILES string of the molecule is CCn1ncc(NCC2CN(C)CCN2C)c(Br)c1=O. The Labute approximate surface area is 127 Å². The van der Waals surface area contributed by atoms with Crippen molar-refractivity contribution in [1.29, 1.82) is 0 Å². The van der Waals surface area contributed by atoms with E-state index in [1.165, 1.54) is 4.68 Å². The van der Waals surface area contributed by atoms with Gasteiger partial charge < -0.3 is 10.2 Å². The third kappa shape index (κ3) is 3.39. The molecule has 1 aromatic rings. The number of halogens is 1. The summed E-state index contributed by atoms with van der Waals surface area (Å²) in [4.78, 5) is 16.7. The van der Waals surface area contributed by atoms with Crippen LogP contribution >= 0.6 is 15.9 Å². The van der Waals surface area contributed by atoms with Crippen LogP contribution in [0, 0.1) is 0 Å². The van der Waals surface area contributed by atoms with Crippen LogP contribution in [0.25, 0.3) is 0 Å². The predicted octanol–water partition coefficient (Wildman–Crippen LogP) is 0.683. The predicted molar refractivity (Wildman–Crippen MR) is 84.3 cm³/mol. The van der Waals surface area contributed by atoms with Crippen molar-refractivity contribution in [3.8, 4) is 0 Å². The number of hydrogen-bond acceptors (Lipinski definition) is 5. The van der Waals surface area contributed by atoms with Crippen LogP contribution in [-0.4, -0.2) is 65.9 Å². The van der Waals surface area contributed by atoms with Gasteiger partial charge in [0, 0.05) is 38.8 Å². The average Bonchev–Trinajstić information content (AvgIpc) is 2.44. The highest BCUT2D eigenvalue weighted by Crippen LogP contribution is 2.17. The van der Waals surface area contributed by atoms with Crippen LogP contribution in [-0.2, 0) is 6.54 Å². The molecule has 1 saturated heterocycles. The summed E-state index contributed by atoms with van der Waals surface area (Å²) in [7, 11) is 4.28. The molecule has 0 bridgehead atoms. The fourth-order valence-corrected chi connectivity index (χ4v) is 2.81. The summed E-state index contributed by atoms with van der Waals surface area (Å²) in [6.07, 6.45) is 1.71. The number of rotatable bonds is 4. The number of aromatic nitrogens is 2. The molecule has 0 aromatic carbocycles. The van der Waals surface area contributed by atoms with Gasteiger partial charge in [0.1, 0.15) is 4.47 Å². The van der Waals surface area contributed by atoms with Gasteiger partial charge in [0.05, 0.1) is 11.9 Å². The second-order valence-electron chi connectivity index (χ2n) is 5.27. The van der Waals surface area contributed by atoms with E-state index < -0.39 is 0 Å². The van der Waals surface area contributed by atoms with Crippen LogP contribution in [0.2, 0.25) is 0 Å². The second-order valence-corrected chi connectivity index (χ2v) is 6.06. The lowest BCUT2D eigenvalue weighted by Gasteiger charge is -2.37. The fraction of sp³-hybridized carbons (Fsp3) is 0.692. The Morgan fingerprint density at radius 2 is 2.20 bits per heavy atom. The molecule has 6 nitrogen and oxygen atoms in total. The van der Waals surface area contributed by atoms with E-state index in [9.17, 15) is 4.79 Å². The highest BCUT2D eigenvalue weighted by Gasteiger charge is 2.22. The van der Waals surface area contributed by atoms with E-state index in [0.717, 1.165) is 31.9 Å². The first kappa shape index (κ1) is 15.5. The first-order valence-electron chi connectivity index (χ1n) is 6.91. The topological polar surface area (TPSA) is 53.4 Å². The van der Waals surface area contributed by atoms with Crippen molar-refractivity contribution >= 4 is 21.6 Å². The molecule has 0 amide bonds. The van der Waals surface area contributed by atoms with E-state index in [-0.39, 0.29) is 5.56 Å². The van der Waals surface area contributed by atoms with Crippen LogP contribution in [0.3, 0.4) is 0 Å². The third-order valence-corrected chi connectivity index (χ3v) is 4.56. The van der Waals surface area contributed by atoms with Gasteiger partial charge in [-0.2, -0.15) is 5.10 Å². The molecule has 1 aliphatic heterocycles. The number of likely N-dealkylation sites (N-methyl/N-ethyl adjacent to an activating group) is 2. The molecule has 112 valence electrons. The third-order valence-electron chi connectivity index (χ3n) is 3.79. The van der Waals surface area contributed by atoms with E-state index >= 15 is 0 Å². The molecule has 0 spiro atoms. The van der Waals surface area contributed by atoms with Crippen molar-refractivity contribution in [2.75, 3.05) is 45.6 Å². The molecule has 20 heavy (non-hydrogen) atoms. The van der Waals surface area contributed by atoms with Gasteiger partial charge >= 0.3 is 0 Å². The van der Waals surface area contributed by atoms with Crippen LogP contribution < -0.4 is 10.9 Å². The second kappa shape index (κ2) is 6.69. The first-order chi connectivity index (χ1) is 9.52. The summed E-state index contributed by atoms with van der Waals surface area (Å²) in [6.45, 7) is 6.48. The van der Waals surface area contributed by atoms with Gasteiger partial charge in [0.15, 0.2) is 0 Å². The maximum Gasteiger partial charge on any atom is 0.283 e. The molecule has 0 radical (unpaired) electrons. The molecular formula is C13H22BrN5O. The summed E-state index contributed by atoms with van der Waals surface area (Å²) in [5.74, 6) is 0.